The number of aryl methyl sites for hydroxylation is 1. The van der Waals surface area contributed by atoms with Crippen LogP contribution in [0.25, 0.3) is 10.9 Å². The molecule has 0 fully saturated rings. The van der Waals surface area contributed by atoms with Gasteiger partial charge in [0.15, 0.2) is 0 Å². The molecular weight excluding hydrogens is 220 g/mol. The Morgan fingerprint density at radius 2 is 1.72 bits per heavy atom. The normalized spacial score (nSPS) is 12.4. The minimum absolute atomic E-state index is 0.00430. The van der Waals surface area contributed by atoms with Crippen molar-refractivity contribution in [2.45, 2.75) is 52.9 Å². The summed E-state index contributed by atoms with van der Waals surface area (Å²) in [4.78, 5) is 9.36. The summed E-state index contributed by atoms with van der Waals surface area (Å²) in [6.45, 7) is 12.9. The Hall–Kier alpha value is -1.44. The molecule has 96 valence electrons. The third-order valence-corrected chi connectivity index (χ3v) is 3.25. The van der Waals surface area contributed by atoms with Crippen molar-refractivity contribution in [2.75, 3.05) is 0 Å². The molecule has 0 radical (unpaired) electrons. The van der Waals surface area contributed by atoms with E-state index < -0.39 is 0 Å². The van der Waals surface area contributed by atoms with E-state index in [-0.39, 0.29) is 5.41 Å². The van der Waals surface area contributed by atoms with Crippen molar-refractivity contribution in [1.82, 2.24) is 9.97 Å². The topological polar surface area (TPSA) is 25.8 Å². The van der Waals surface area contributed by atoms with Gasteiger partial charge in [0.05, 0.1) is 5.52 Å². The van der Waals surface area contributed by atoms with Crippen molar-refractivity contribution in [1.29, 1.82) is 0 Å². The molecule has 18 heavy (non-hydrogen) atoms. The quantitative estimate of drug-likeness (QED) is 0.742. The zero-order valence-electron chi connectivity index (χ0n) is 12.2. The van der Waals surface area contributed by atoms with Gasteiger partial charge < -0.3 is 0 Å². The zero-order chi connectivity index (χ0) is 13.5. The Morgan fingerprint density at radius 1 is 1.06 bits per heavy atom. The van der Waals surface area contributed by atoms with Crippen molar-refractivity contribution >= 4 is 10.9 Å². The zero-order valence-corrected chi connectivity index (χ0v) is 12.2. The molecule has 0 amide bonds. The first-order chi connectivity index (χ1) is 8.29. The molecule has 0 unspecified atom stereocenters. The fourth-order valence-corrected chi connectivity index (χ4v) is 1.99. The summed E-state index contributed by atoms with van der Waals surface area (Å²) in [5.41, 5.74) is 3.47. The van der Waals surface area contributed by atoms with Crippen LogP contribution in [0.2, 0.25) is 0 Å². The van der Waals surface area contributed by atoms with Crippen LogP contribution in [0.4, 0.5) is 0 Å². The molecule has 0 saturated heterocycles. The minimum Gasteiger partial charge on any atom is -0.237 e. The molecule has 1 heterocycles. The highest BCUT2D eigenvalue weighted by Crippen LogP contribution is 2.25. The van der Waals surface area contributed by atoms with Gasteiger partial charge in [-0.15, -0.1) is 0 Å². The van der Waals surface area contributed by atoms with Gasteiger partial charge in [-0.1, -0.05) is 40.7 Å². The van der Waals surface area contributed by atoms with Crippen LogP contribution in [-0.4, -0.2) is 9.97 Å². The van der Waals surface area contributed by atoms with E-state index in [2.05, 4.69) is 64.7 Å². The number of nitrogens with zero attached hydrogens (tertiary/aromatic N) is 2. The largest absolute Gasteiger partial charge is 0.237 e. The number of fused-ring (bicyclic) bond motifs is 1. The van der Waals surface area contributed by atoms with Crippen LogP contribution in [-0.2, 0) is 5.41 Å². The molecule has 2 heteroatoms. The maximum Gasteiger partial charge on any atom is 0.134 e. The lowest BCUT2D eigenvalue weighted by Gasteiger charge is -2.18. The van der Waals surface area contributed by atoms with Gasteiger partial charge in [0.1, 0.15) is 5.82 Å². The molecule has 1 aromatic heterocycles. The van der Waals surface area contributed by atoms with Crippen LogP contribution in [0, 0.1) is 6.92 Å². The fourth-order valence-electron chi connectivity index (χ4n) is 1.99. The number of rotatable bonds is 1. The van der Waals surface area contributed by atoms with Gasteiger partial charge in [-0.05, 0) is 30.5 Å². The highest BCUT2D eigenvalue weighted by Gasteiger charge is 2.18. The molecule has 0 saturated carbocycles. The first-order valence-electron chi connectivity index (χ1n) is 6.58. The number of hydrogen-bond donors (Lipinski definition) is 0. The van der Waals surface area contributed by atoms with Crippen molar-refractivity contribution in [2.24, 2.45) is 0 Å². The fraction of sp³-hybridized carbons (Fsp3) is 0.500. The summed E-state index contributed by atoms with van der Waals surface area (Å²) >= 11 is 0. The molecule has 2 rings (SSSR count). The van der Waals surface area contributed by atoms with Gasteiger partial charge in [-0.2, -0.15) is 0 Å². The summed E-state index contributed by atoms with van der Waals surface area (Å²) in [6.07, 6.45) is 0. The Labute approximate surface area is 109 Å². The van der Waals surface area contributed by atoms with Crippen molar-refractivity contribution < 1.29 is 0 Å². The van der Waals surface area contributed by atoms with Gasteiger partial charge >= 0.3 is 0 Å². The predicted molar refractivity (Wildman–Crippen MR) is 77.1 cm³/mol. The smallest absolute Gasteiger partial charge is 0.134 e. The van der Waals surface area contributed by atoms with Crippen molar-refractivity contribution in [3.05, 3.63) is 35.3 Å². The molecule has 0 aliphatic heterocycles. The van der Waals surface area contributed by atoms with Crippen molar-refractivity contribution in [3.8, 4) is 0 Å². The Balaban J connectivity index is 2.66. The van der Waals surface area contributed by atoms with E-state index in [4.69, 9.17) is 4.98 Å². The second kappa shape index (κ2) is 4.34. The second-order valence-corrected chi connectivity index (χ2v) is 6.31. The van der Waals surface area contributed by atoms with Crippen molar-refractivity contribution in [3.63, 3.8) is 0 Å². The van der Waals surface area contributed by atoms with Crippen LogP contribution in [0.5, 0.6) is 0 Å². The Kier molecular flexibility index (Phi) is 3.14. The highest BCUT2D eigenvalue weighted by molar-refractivity contribution is 5.81. The van der Waals surface area contributed by atoms with Crippen LogP contribution in [0.1, 0.15) is 57.6 Å². The van der Waals surface area contributed by atoms with E-state index in [1.807, 2.05) is 0 Å². The first-order valence-corrected chi connectivity index (χ1v) is 6.58. The van der Waals surface area contributed by atoms with E-state index >= 15 is 0 Å². The van der Waals surface area contributed by atoms with E-state index in [9.17, 15) is 0 Å². The molecule has 0 N–H and O–H groups in total. The number of aromatic nitrogens is 2. The average molecular weight is 242 g/mol. The van der Waals surface area contributed by atoms with Gasteiger partial charge in [0, 0.05) is 16.5 Å². The SMILES string of the molecule is Cc1nc(C(C)(C)C)nc2ccc(C(C)C)cc12. The average Bonchev–Trinajstić information content (AvgIpc) is 2.27. The maximum atomic E-state index is 4.70. The molecule has 1 aromatic carbocycles. The lowest BCUT2D eigenvalue weighted by atomic mass is 9.94. The summed E-state index contributed by atoms with van der Waals surface area (Å²) in [5, 5.41) is 1.18. The highest BCUT2D eigenvalue weighted by atomic mass is 14.9. The molecule has 0 aliphatic rings. The molecular formula is C16H22N2. The summed E-state index contributed by atoms with van der Waals surface area (Å²) in [6, 6.07) is 6.52. The van der Waals surface area contributed by atoms with Gasteiger partial charge in [0.2, 0.25) is 0 Å². The maximum absolute atomic E-state index is 4.70. The Morgan fingerprint density at radius 3 is 2.28 bits per heavy atom. The molecule has 0 aliphatic carbocycles. The first kappa shape index (κ1) is 13.0. The van der Waals surface area contributed by atoms with Crippen LogP contribution >= 0.6 is 0 Å². The van der Waals surface area contributed by atoms with Gasteiger partial charge in [-0.25, -0.2) is 9.97 Å². The molecule has 2 nitrogen and oxygen atoms in total. The second-order valence-electron chi connectivity index (χ2n) is 6.31. The van der Waals surface area contributed by atoms with E-state index in [0.29, 0.717) is 5.92 Å². The standard InChI is InChI=1S/C16H22N2/c1-10(2)12-7-8-14-13(9-12)11(3)17-15(18-14)16(4,5)6/h7-10H,1-6H3. The van der Waals surface area contributed by atoms with E-state index in [0.717, 1.165) is 17.0 Å². The summed E-state index contributed by atoms with van der Waals surface area (Å²) in [7, 11) is 0. The number of benzene rings is 1. The minimum atomic E-state index is -0.00430. The molecule has 2 aromatic rings. The van der Waals surface area contributed by atoms with Gasteiger partial charge in [0.25, 0.3) is 0 Å². The number of hydrogen-bond acceptors (Lipinski definition) is 2. The Bertz CT molecular complexity index is 577. The molecule has 0 bridgehead atoms. The predicted octanol–water partition coefficient (Wildman–Crippen LogP) is 4.36. The third-order valence-electron chi connectivity index (χ3n) is 3.25. The molecule has 0 spiro atoms. The van der Waals surface area contributed by atoms with Crippen LogP contribution in [0.15, 0.2) is 18.2 Å². The third kappa shape index (κ3) is 2.38. The molecule has 0 atom stereocenters. The van der Waals surface area contributed by atoms with E-state index in [1.54, 1.807) is 0 Å². The van der Waals surface area contributed by atoms with Gasteiger partial charge in [-0.3, -0.25) is 0 Å². The monoisotopic (exact) mass is 242 g/mol. The van der Waals surface area contributed by atoms with Crippen LogP contribution in [0.3, 0.4) is 0 Å². The lowest BCUT2D eigenvalue weighted by molar-refractivity contribution is 0.546. The lowest BCUT2D eigenvalue weighted by Crippen LogP contribution is -2.16. The summed E-state index contributed by atoms with van der Waals surface area (Å²) in [5.74, 6) is 1.46. The van der Waals surface area contributed by atoms with Crippen LogP contribution < -0.4 is 0 Å². The summed E-state index contributed by atoms with van der Waals surface area (Å²) < 4.78 is 0. The van der Waals surface area contributed by atoms with E-state index in [1.165, 1.54) is 10.9 Å².